The lowest BCUT2D eigenvalue weighted by Crippen LogP contribution is -2.32. The second-order valence-electron chi connectivity index (χ2n) is 8.63. The second-order valence-corrected chi connectivity index (χ2v) is 10.8. The molecule has 0 amide bonds. The zero-order chi connectivity index (χ0) is 19.7. The van der Waals surface area contributed by atoms with Crippen LogP contribution < -0.4 is 4.74 Å². The van der Waals surface area contributed by atoms with Crippen LogP contribution in [0.3, 0.4) is 0 Å². The molecule has 28 heavy (non-hydrogen) atoms. The van der Waals surface area contributed by atoms with Gasteiger partial charge in [0.25, 0.3) is 0 Å². The van der Waals surface area contributed by atoms with Crippen molar-refractivity contribution in [3.05, 3.63) is 29.5 Å². The first-order chi connectivity index (χ1) is 13.4. The normalized spacial score (nSPS) is 23.6. The Labute approximate surface area is 168 Å². The lowest BCUT2D eigenvalue weighted by Gasteiger charge is -2.31. The minimum absolute atomic E-state index is 0.365. The van der Waals surface area contributed by atoms with E-state index in [1.807, 2.05) is 12.1 Å². The number of fused-ring (bicyclic) bond motifs is 3. The summed E-state index contributed by atoms with van der Waals surface area (Å²) in [4.78, 5) is 2.50. The van der Waals surface area contributed by atoms with Gasteiger partial charge in [-0.15, -0.1) is 0 Å². The predicted molar refractivity (Wildman–Crippen MR) is 112 cm³/mol. The highest BCUT2D eigenvalue weighted by Crippen LogP contribution is 2.36. The van der Waals surface area contributed by atoms with Gasteiger partial charge in [-0.1, -0.05) is 25.0 Å². The van der Waals surface area contributed by atoms with Crippen LogP contribution in [0.15, 0.2) is 22.6 Å². The first-order valence-corrected chi connectivity index (χ1v) is 12.5. The number of rotatable bonds is 6. The van der Waals surface area contributed by atoms with Crippen LogP contribution in [0.5, 0.6) is 5.75 Å². The van der Waals surface area contributed by atoms with Crippen LogP contribution in [0.1, 0.15) is 43.4 Å². The van der Waals surface area contributed by atoms with E-state index >= 15 is 0 Å². The molecule has 0 radical (unpaired) electrons. The van der Waals surface area contributed by atoms with E-state index in [0.29, 0.717) is 11.7 Å². The van der Waals surface area contributed by atoms with Crippen LogP contribution in [0.25, 0.3) is 11.0 Å². The Kier molecular flexibility index (Phi) is 5.70. The first kappa shape index (κ1) is 19.8. The lowest BCUT2D eigenvalue weighted by atomic mass is 9.81. The average molecular weight is 406 g/mol. The van der Waals surface area contributed by atoms with Crippen molar-refractivity contribution in [1.82, 2.24) is 4.90 Å². The fourth-order valence-corrected chi connectivity index (χ4v) is 6.17. The second kappa shape index (κ2) is 8.07. The number of benzene rings is 1. The van der Waals surface area contributed by atoms with Gasteiger partial charge in [0.1, 0.15) is 15.6 Å². The summed E-state index contributed by atoms with van der Waals surface area (Å²) in [5.41, 5.74) is 2.22. The molecule has 1 saturated carbocycles. The zero-order valence-corrected chi connectivity index (χ0v) is 17.8. The highest BCUT2D eigenvalue weighted by molar-refractivity contribution is 7.90. The van der Waals surface area contributed by atoms with E-state index in [2.05, 4.69) is 11.0 Å². The molecule has 2 aromatic rings. The number of para-hydroxylation sites is 1. The molecule has 154 valence electrons. The summed E-state index contributed by atoms with van der Waals surface area (Å²) in [6.07, 6.45) is 8.04. The summed E-state index contributed by atoms with van der Waals surface area (Å²) in [7, 11) is -1.16. The van der Waals surface area contributed by atoms with Crippen LogP contribution in [0.2, 0.25) is 0 Å². The number of sulfone groups is 1. The molecule has 6 heteroatoms. The van der Waals surface area contributed by atoms with Crippen LogP contribution >= 0.6 is 0 Å². The molecule has 2 aliphatic rings. The number of ether oxygens (including phenoxy) is 1. The Bertz CT molecular complexity index is 925. The fraction of sp³-hybridized carbons (Fsp3) is 0.636. The molecule has 1 fully saturated rings. The molecule has 4 rings (SSSR count). The van der Waals surface area contributed by atoms with Crippen LogP contribution in [0, 0.1) is 11.8 Å². The number of methoxy groups -OCH3 is 1. The largest absolute Gasteiger partial charge is 0.493 e. The summed E-state index contributed by atoms with van der Waals surface area (Å²) >= 11 is 0. The molecule has 1 aliphatic carbocycles. The van der Waals surface area contributed by atoms with Crippen LogP contribution in [0.4, 0.5) is 0 Å². The highest BCUT2D eigenvalue weighted by Gasteiger charge is 2.27. The van der Waals surface area contributed by atoms with Crippen molar-refractivity contribution < 1.29 is 17.6 Å². The van der Waals surface area contributed by atoms with Gasteiger partial charge in [-0.3, -0.25) is 4.90 Å². The number of furan rings is 1. The summed E-state index contributed by atoms with van der Waals surface area (Å²) < 4.78 is 34.6. The van der Waals surface area contributed by atoms with Gasteiger partial charge in [-0.25, -0.2) is 8.42 Å². The van der Waals surface area contributed by atoms with E-state index in [0.717, 1.165) is 61.9 Å². The van der Waals surface area contributed by atoms with E-state index in [1.54, 1.807) is 7.11 Å². The third kappa shape index (κ3) is 4.38. The van der Waals surface area contributed by atoms with Crippen LogP contribution in [-0.4, -0.2) is 45.5 Å². The predicted octanol–water partition coefficient (Wildman–Crippen LogP) is 4.04. The van der Waals surface area contributed by atoms with Gasteiger partial charge in [0.2, 0.25) is 0 Å². The fourth-order valence-electron chi connectivity index (χ4n) is 4.98. The molecule has 2 heterocycles. The van der Waals surface area contributed by atoms with Gasteiger partial charge in [0.15, 0.2) is 11.3 Å². The minimum atomic E-state index is -2.84. The van der Waals surface area contributed by atoms with Crippen molar-refractivity contribution >= 4 is 20.8 Å². The number of hydrogen-bond donors (Lipinski definition) is 0. The molecule has 0 bridgehead atoms. The molecular weight excluding hydrogens is 374 g/mol. The summed E-state index contributed by atoms with van der Waals surface area (Å²) in [5, 5.41) is 1.19. The molecule has 1 aromatic heterocycles. The highest BCUT2D eigenvalue weighted by atomic mass is 32.2. The monoisotopic (exact) mass is 405 g/mol. The third-order valence-corrected chi connectivity index (χ3v) is 7.57. The molecule has 0 N–H and O–H groups in total. The Hall–Kier alpha value is -1.53. The van der Waals surface area contributed by atoms with Crippen LogP contribution in [-0.2, 0) is 22.8 Å². The maximum atomic E-state index is 11.5. The smallest absolute Gasteiger partial charge is 0.176 e. The van der Waals surface area contributed by atoms with Crippen molar-refractivity contribution in [2.45, 2.75) is 45.1 Å². The molecule has 1 aliphatic heterocycles. The first-order valence-electron chi connectivity index (χ1n) is 10.4. The number of nitrogens with zero attached hydrogens (tertiary/aromatic N) is 1. The minimum Gasteiger partial charge on any atom is -0.493 e. The van der Waals surface area contributed by atoms with E-state index in [1.165, 1.54) is 36.5 Å². The average Bonchev–Trinajstić information content (AvgIpc) is 3.04. The molecule has 0 unspecified atom stereocenters. The van der Waals surface area contributed by atoms with E-state index in [4.69, 9.17) is 9.15 Å². The maximum Gasteiger partial charge on any atom is 0.176 e. The van der Waals surface area contributed by atoms with Gasteiger partial charge >= 0.3 is 0 Å². The third-order valence-electron chi connectivity index (χ3n) is 6.49. The molecule has 5 nitrogen and oxygen atoms in total. The molecule has 0 atom stereocenters. The van der Waals surface area contributed by atoms with Gasteiger partial charge in [-0.05, 0) is 50.1 Å². The Morgan fingerprint density at radius 3 is 2.64 bits per heavy atom. The topological polar surface area (TPSA) is 59.8 Å². The lowest BCUT2D eigenvalue weighted by molar-refractivity contribution is 0.193. The quantitative estimate of drug-likeness (QED) is 0.726. The summed E-state index contributed by atoms with van der Waals surface area (Å²) in [5.74, 6) is 3.36. The number of hydrogen-bond acceptors (Lipinski definition) is 5. The SMILES string of the molecule is COc1cccc2c3c(oc12)CN(CCC1CCC(CS(C)(=O)=O)CC1)CC3. The van der Waals surface area contributed by atoms with Gasteiger partial charge in [0.05, 0.1) is 19.4 Å². The van der Waals surface area contributed by atoms with E-state index < -0.39 is 9.84 Å². The van der Waals surface area contributed by atoms with Crippen molar-refractivity contribution in [3.8, 4) is 5.75 Å². The maximum absolute atomic E-state index is 11.5. The molecular formula is C22H31NO4S. The van der Waals surface area contributed by atoms with E-state index in [9.17, 15) is 8.42 Å². The zero-order valence-electron chi connectivity index (χ0n) is 16.9. The molecule has 0 spiro atoms. The van der Waals surface area contributed by atoms with Crippen molar-refractivity contribution in [2.75, 3.05) is 32.2 Å². The summed E-state index contributed by atoms with van der Waals surface area (Å²) in [6, 6.07) is 6.11. The Morgan fingerprint density at radius 2 is 1.93 bits per heavy atom. The molecule has 0 saturated heterocycles. The van der Waals surface area contributed by atoms with Crippen molar-refractivity contribution in [1.29, 1.82) is 0 Å². The van der Waals surface area contributed by atoms with Crippen molar-refractivity contribution in [2.24, 2.45) is 11.8 Å². The van der Waals surface area contributed by atoms with Gasteiger partial charge in [-0.2, -0.15) is 0 Å². The van der Waals surface area contributed by atoms with Gasteiger partial charge in [0, 0.05) is 23.8 Å². The Balaban J connectivity index is 1.31. The van der Waals surface area contributed by atoms with Gasteiger partial charge < -0.3 is 9.15 Å². The van der Waals surface area contributed by atoms with Crippen molar-refractivity contribution in [3.63, 3.8) is 0 Å². The Morgan fingerprint density at radius 1 is 1.18 bits per heavy atom. The summed E-state index contributed by atoms with van der Waals surface area (Å²) in [6.45, 7) is 3.04. The standard InChI is InChI=1S/C22H31NO4S/c1-26-20-5-3-4-19-18-11-13-23(14-21(18)27-22(19)20)12-10-16-6-8-17(9-7-16)15-28(2,24)25/h3-5,16-17H,6-15H2,1-2H3. The van der Waals surface area contributed by atoms with E-state index in [-0.39, 0.29) is 0 Å². The molecule has 1 aromatic carbocycles.